The van der Waals surface area contributed by atoms with Crippen molar-refractivity contribution in [1.29, 1.82) is 5.26 Å². The van der Waals surface area contributed by atoms with Gasteiger partial charge in [-0.3, -0.25) is 9.59 Å². The fraction of sp³-hybridized carbons (Fsp3) is 0.364. The van der Waals surface area contributed by atoms with Crippen molar-refractivity contribution in [2.24, 2.45) is 0 Å². The van der Waals surface area contributed by atoms with E-state index in [1.165, 1.54) is 12.3 Å². The molecular weight excluding hydrogens is 479 g/mol. The van der Waals surface area contributed by atoms with E-state index in [9.17, 15) is 22.8 Å². The number of nitrogens with zero attached hydrogens (tertiary/aromatic N) is 7. The van der Waals surface area contributed by atoms with Crippen LogP contribution < -0.4 is 15.8 Å². The first-order valence-electron chi connectivity index (χ1n) is 11.0. The van der Waals surface area contributed by atoms with Gasteiger partial charge in [-0.05, 0) is 19.1 Å². The number of halogens is 3. The maximum atomic E-state index is 13.3. The Bertz CT molecular complexity index is 1340. The quantitative estimate of drug-likeness (QED) is 0.521. The molecule has 36 heavy (non-hydrogen) atoms. The molecule has 0 saturated carbocycles. The van der Waals surface area contributed by atoms with Gasteiger partial charge in [0.2, 0.25) is 5.95 Å². The lowest BCUT2D eigenvalue weighted by Gasteiger charge is -2.34. The number of amides is 1. The second-order valence-electron chi connectivity index (χ2n) is 8.26. The third-order valence-electron chi connectivity index (χ3n) is 5.63. The summed E-state index contributed by atoms with van der Waals surface area (Å²) in [6.07, 6.45) is 0.914. The lowest BCUT2D eigenvalue weighted by molar-refractivity contribution is -0.138. The van der Waals surface area contributed by atoms with Gasteiger partial charge in [-0.1, -0.05) is 0 Å². The van der Waals surface area contributed by atoms with Crippen LogP contribution in [0.25, 0.3) is 0 Å². The first-order chi connectivity index (χ1) is 17.2. The van der Waals surface area contributed by atoms with E-state index < -0.39 is 29.0 Å². The van der Waals surface area contributed by atoms with Crippen LogP contribution in [-0.4, -0.2) is 67.8 Å². The predicted octanol–water partition coefficient (Wildman–Crippen LogP) is 1.71. The first-order valence-corrected chi connectivity index (χ1v) is 11.0. The van der Waals surface area contributed by atoms with E-state index >= 15 is 0 Å². The summed E-state index contributed by atoms with van der Waals surface area (Å²) in [5.41, 5.74) is -2.35. The summed E-state index contributed by atoms with van der Waals surface area (Å²) in [7, 11) is 0. The van der Waals surface area contributed by atoms with Crippen LogP contribution in [0.4, 0.5) is 24.8 Å². The van der Waals surface area contributed by atoms with Gasteiger partial charge in [0.25, 0.3) is 11.5 Å². The molecule has 188 valence electrons. The van der Waals surface area contributed by atoms with E-state index in [-0.39, 0.29) is 18.1 Å². The monoisotopic (exact) mass is 501 g/mol. The number of aromatic amines is 1. The Labute approximate surface area is 203 Å². The molecule has 1 fully saturated rings. The van der Waals surface area contributed by atoms with Crippen molar-refractivity contribution < 1.29 is 18.0 Å². The number of H-pyrrole nitrogens is 1. The minimum atomic E-state index is -4.83. The molecule has 3 aromatic heterocycles. The summed E-state index contributed by atoms with van der Waals surface area (Å²) in [6.45, 7) is 3.81. The highest BCUT2D eigenvalue weighted by Gasteiger charge is 2.37. The van der Waals surface area contributed by atoms with Crippen molar-refractivity contribution in [3.63, 3.8) is 0 Å². The molecule has 4 rings (SSSR count). The SMILES string of the molecule is C[C@@H](Cn1ccc(C(=O)N2CCN(c3nccc(C#N)n3)CC2)c1)Nc1cn[nH]c(=O)c1C(F)(F)F. The second kappa shape index (κ2) is 10.1. The molecule has 0 spiro atoms. The van der Waals surface area contributed by atoms with Gasteiger partial charge in [-0.25, -0.2) is 15.1 Å². The molecular formula is C22H22F3N9O2. The van der Waals surface area contributed by atoms with E-state index in [1.54, 1.807) is 39.9 Å². The van der Waals surface area contributed by atoms with Crippen molar-refractivity contribution in [2.45, 2.75) is 25.7 Å². The summed E-state index contributed by atoms with van der Waals surface area (Å²) in [6, 6.07) is 4.65. The molecule has 0 bridgehead atoms. The fourth-order valence-corrected chi connectivity index (χ4v) is 3.95. The van der Waals surface area contributed by atoms with Crippen LogP contribution in [0.2, 0.25) is 0 Å². The maximum absolute atomic E-state index is 13.3. The number of aromatic nitrogens is 5. The fourth-order valence-electron chi connectivity index (χ4n) is 3.95. The van der Waals surface area contributed by atoms with Gasteiger partial charge < -0.3 is 19.7 Å². The third kappa shape index (κ3) is 5.45. The number of hydrogen-bond donors (Lipinski definition) is 2. The Morgan fingerprint density at radius 2 is 2.03 bits per heavy atom. The van der Waals surface area contributed by atoms with E-state index in [0.29, 0.717) is 37.7 Å². The smallest absolute Gasteiger partial charge is 0.379 e. The van der Waals surface area contributed by atoms with Crippen LogP contribution in [0.15, 0.2) is 41.7 Å². The predicted molar refractivity (Wildman–Crippen MR) is 122 cm³/mol. The van der Waals surface area contributed by atoms with Gasteiger partial charge in [0.05, 0.1) is 17.4 Å². The van der Waals surface area contributed by atoms with Crippen molar-refractivity contribution in [3.8, 4) is 6.07 Å². The topological polar surface area (TPSA) is 136 Å². The van der Waals surface area contributed by atoms with Gasteiger partial charge in [0.15, 0.2) is 0 Å². The number of anilines is 2. The molecule has 1 atom stereocenters. The lowest BCUT2D eigenvalue weighted by Crippen LogP contribution is -2.49. The molecule has 1 saturated heterocycles. The van der Waals surface area contributed by atoms with E-state index in [1.807, 2.05) is 11.0 Å². The first kappa shape index (κ1) is 24.7. The highest BCUT2D eigenvalue weighted by Crippen LogP contribution is 2.31. The lowest BCUT2D eigenvalue weighted by atomic mass is 10.2. The molecule has 0 aliphatic carbocycles. The molecule has 3 aromatic rings. The number of carbonyl (C=O) groups excluding carboxylic acids is 1. The van der Waals surface area contributed by atoms with Crippen LogP contribution in [-0.2, 0) is 12.7 Å². The summed E-state index contributed by atoms with van der Waals surface area (Å²) < 4.78 is 41.4. The zero-order chi connectivity index (χ0) is 25.9. The molecule has 1 aliphatic heterocycles. The number of hydrogen-bond acceptors (Lipinski definition) is 8. The summed E-state index contributed by atoms with van der Waals surface area (Å²) in [5, 5.41) is 16.9. The van der Waals surface area contributed by atoms with Crippen LogP contribution in [0.3, 0.4) is 0 Å². The average molecular weight is 501 g/mol. The van der Waals surface area contributed by atoms with Crippen LogP contribution >= 0.6 is 0 Å². The standard InChI is InChI=1S/C22H22F3N9O2/c1-14(29-17-11-28-31-19(35)18(17)22(23,24)25)12-32-5-3-15(13-32)20(36)33-6-8-34(9-7-33)21-27-4-2-16(10-26)30-21/h2-5,11,13-14H,6-9,12H2,1H3,(H2,29,31,35)/t14-/m0/s1. The van der Waals surface area contributed by atoms with Gasteiger partial charge in [0.1, 0.15) is 17.3 Å². The molecule has 0 aromatic carbocycles. The molecule has 0 unspecified atom stereocenters. The zero-order valence-corrected chi connectivity index (χ0v) is 19.2. The Balaban J connectivity index is 1.35. The van der Waals surface area contributed by atoms with Crippen molar-refractivity contribution in [2.75, 3.05) is 36.4 Å². The average Bonchev–Trinajstić information content (AvgIpc) is 3.31. The normalized spacial score (nSPS) is 14.9. The Morgan fingerprint density at radius 3 is 2.72 bits per heavy atom. The number of piperazine rings is 1. The highest BCUT2D eigenvalue weighted by atomic mass is 19.4. The Hall–Kier alpha value is -4.41. The van der Waals surface area contributed by atoms with Crippen molar-refractivity contribution in [1.82, 2.24) is 29.6 Å². The van der Waals surface area contributed by atoms with Gasteiger partial charge in [0, 0.05) is 57.4 Å². The molecule has 1 aliphatic rings. The van der Waals surface area contributed by atoms with Gasteiger partial charge >= 0.3 is 6.18 Å². The number of nitrogens with one attached hydrogen (secondary N) is 2. The molecule has 11 nitrogen and oxygen atoms in total. The number of carbonyl (C=O) groups is 1. The minimum Gasteiger partial charge on any atom is -0.379 e. The van der Waals surface area contributed by atoms with E-state index in [4.69, 9.17) is 5.26 Å². The minimum absolute atomic E-state index is 0.168. The van der Waals surface area contributed by atoms with E-state index in [2.05, 4.69) is 20.4 Å². The molecule has 0 radical (unpaired) electrons. The van der Waals surface area contributed by atoms with Gasteiger partial charge in [-0.15, -0.1) is 0 Å². The van der Waals surface area contributed by atoms with Crippen molar-refractivity contribution >= 4 is 17.5 Å². The molecule has 4 heterocycles. The zero-order valence-electron chi connectivity index (χ0n) is 19.2. The maximum Gasteiger partial charge on any atom is 0.423 e. The highest BCUT2D eigenvalue weighted by molar-refractivity contribution is 5.94. The van der Waals surface area contributed by atoms with Crippen molar-refractivity contribution in [3.05, 3.63) is 64.1 Å². The molecule has 2 N–H and O–H groups in total. The van der Waals surface area contributed by atoms with Crippen LogP contribution in [0.1, 0.15) is 28.5 Å². The summed E-state index contributed by atoms with van der Waals surface area (Å²) in [4.78, 5) is 36.6. The summed E-state index contributed by atoms with van der Waals surface area (Å²) >= 11 is 0. The van der Waals surface area contributed by atoms with Crippen LogP contribution in [0.5, 0.6) is 0 Å². The van der Waals surface area contributed by atoms with Crippen LogP contribution in [0, 0.1) is 11.3 Å². The Kier molecular flexibility index (Phi) is 6.91. The third-order valence-corrected chi connectivity index (χ3v) is 5.63. The molecule has 14 heteroatoms. The number of nitriles is 1. The Morgan fingerprint density at radius 1 is 1.28 bits per heavy atom. The van der Waals surface area contributed by atoms with E-state index in [0.717, 1.165) is 6.20 Å². The van der Waals surface area contributed by atoms with Gasteiger partial charge in [-0.2, -0.15) is 23.5 Å². The second-order valence-corrected chi connectivity index (χ2v) is 8.26. The molecule has 1 amide bonds. The summed E-state index contributed by atoms with van der Waals surface area (Å²) in [5.74, 6) is 0.275. The number of rotatable bonds is 6. The number of alkyl halides is 3. The largest absolute Gasteiger partial charge is 0.423 e.